The molecule has 2 aromatic carbocycles. The van der Waals surface area contributed by atoms with Crippen LogP contribution in [0.2, 0.25) is 0 Å². The highest BCUT2D eigenvalue weighted by Crippen LogP contribution is 2.35. The van der Waals surface area contributed by atoms with Crippen molar-refractivity contribution >= 4 is 37.8 Å². The van der Waals surface area contributed by atoms with Crippen LogP contribution in [0.15, 0.2) is 59.6 Å². The second kappa shape index (κ2) is 6.45. The number of pyridine rings is 1. The van der Waals surface area contributed by atoms with E-state index in [0.29, 0.717) is 22.0 Å². The van der Waals surface area contributed by atoms with Crippen molar-refractivity contribution in [3.8, 4) is 0 Å². The number of aromatic nitrogens is 2. The number of rotatable bonds is 3. The largest absolute Gasteiger partial charge is 0.464 e. The molecule has 28 heavy (non-hydrogen) atoms. The fourth-order valence-corrected chi connectivity index (χ4v) is 4.97. The number of nitrogens with zero attached hydrogens (tertiary/aromatic N) is 2. The van der Waals surface area contributed by atoms with Gasteiger partial charge in [-0.15, -0.1) is 0 Å². The van der Waals surface area contributed by atoms with Crippen LogP contribution < -0.4 is 0 Å². The number of fused-ring (bicyclic) bond motifs is 3. The van der Waals surface area contributed by atoms with Gasteiger partial charge in [-0.05, 0) is 37.6 Å². The molecule has 0 saturated heterocycles. The molecule has 7 heteroatoms. The van der Waals surface area contributed by atoms with E-state index in [1.165, 1.54) is 17.3 Å². The first-order valence-electron chi connectivity index (χ1n) is 8.65. The van der Waals surface area contributed by atoms with Crippen molar-refractivity contribution in [2.24, 2.45) is 0 Å². The van der Waals surface area contributed by atoms with Crippen molar-refractivity contribution in [2.75, 3.05) is 7.11 Å². The number of ether oxygens (including phenoxy) is 1. The van der Waals surface area contributed by atoms with Crippen LogP contribution in [0.5, 0.6) is 0 Å². The molecule has 0 N–H and O–H groups in total. The molecule has 0 amide bonds. The second-order valence-electron chi connectivity index (χ2n) is 6.58. The predicted octanol–water partition coefficient (Wildman–Crippen LogP) is 3.83. The Kier molecular flexibility index (Phi) is 4.19. The molecule has 2 aromatic heterocycles. The van der Waals surface area contributed by atoms with E-state index in [4.69, 9.17) is 4.74 Å². The lowest BCUT2D eigenvalue weighted by Crippen LogP contribution is -2.13. The van der Waals surface area contributed by atoms with Gasteiger partial charge in [0.25, 0.3) is 10.0 Å². The summed E-state index contributed by atoms with van der Waals surface area (Å²) in [6, 6.07) is 13.9. The van der Waals surface area contributed by atoms with Crippen LogP contribution in [0.1, 0.15) is 21.6 Å². The van der Waals surface area contributed by atoms with E-state index in [1.54, 1.807) is 43.3 Å². The molecule has 4 aromatic rings. The van der Waals surface area contributed by atoms with Crippen molar-refractivity contribution in [2.45, 2.75) is 18.7 Å². The number of benzene rings is 2. The summed E-state index contributed by atoms with van der Waals surface area (Å²) in [5.74, 6) is -0.558. The highest BCUT2D eigenvalue weighted by Gasteiger charge is 2.26. The number of methoxy groups -OCH3 is 1. The number of hydrogen-bond acceptors (Lipinski definition) is 5. The Morgan fingerprint density at radius 2 is 1.68 bits per heavy atom. The third kappa shape index (κ3) is 2.58. The maximum atomic E-state index is 13.5. The Balaban J connectivity index is 2.13. The zero-order valence-corrected chi connectivity index (χ0v) is 16.4. The van der Waals surface area contributed by atoms with Gasteiger partial charge in [0, 0.05) is 10.8 Å². The van der Waals surface area contributed by atoms with E-state index < -0.39 is 16.0 Å². The van der Waals surface area contributed by atoms with Crippen molar-refractivity contribution in [3.05, 3.63) is 71.5 Å². The van der Waals surface area contributed by atoms with Crippen molar-refractivity contribution in [3.63, 3.8) is 0 Å². The molecule has 0 fully saturated rings. The normalized spacial score (nSPS) is 11.8. The van der Waals surface area contributed by atoms with Crippen molar-refractivity contribution < 1.29 is 17.9 Å². The lowest BCUT2D eigenvalue weighted by molar-refractivity contribution is 0.0593. The van der Waals surface area contributed by atoms with Gasteiger partial charge in [-0.3, -0.25) is 0 Å². The topological polar surface area (TPSA) is 78.3 Å². The van der Waals surface area contributed by atoms with Crippen molar-refractivity contribution in [1.82, 2.24) is 8.96 Å². The molecule has 142 valence electrons. The summed E-state index contributed by atoms with van der Waals surface area (Å²) in [6.45, 7) is 3.65. The van der Waals surface area contributed by atoms with Gasteiger partial charge in [0.2, 0.25) is 0 Å². The number of carbonyl (C=O) groups is 1. The van der Waals surface area contributed by atoms with E-state index in [0.717, 1.165) is 10.9 Å². The lowest BCUT2D eigenvalue weighted by Gasteiger charge is -2.10. The van der Waals surface area contributed by atoms with Crippen molar-refractivity contribution in [1.29, 1.82) is 0 Å². The second-order valence-corrected chi connectivity index (χ2v) is 8.37. The van der Waals surface area contributed by atoms with Gasteiger partial charge in [-0.1, -0.05) is 35.9 Å². The Morgan fingerprint density at radius 1 is 1.00 bits per heavy atom. The molecule has 4 rings (SSSR count). The zero-order chi connectivity index (χ0) is 20.1. The summed E-state index contributed by atoms with van der Waals surface area (Å²) >= 11 is 0. The van der Waals surface area contributed by atoms with Crippen LogP contribution in [-0.2, 0) is 14.8 Å². The van der Waals surface area contributed by atoms with E-state index in [9.17, 15) is 13.2 Å². The van der Waals surface area contributed by atoms with E-state index in [2.05, 4.69) is 4.98 Å². The molecule has 2 heterocycles. The number of aryl methyl sites for hydroxylation is 2. The smallest absolute Gasteiger partial charge is 0.356 e. The SMILES string of the molecule is COC(=O)c1ncc2c(c1C)c1ccccc1n2S(=O)(=O)c1ccc(C)cc1. The van der Waals surface area contributed by atoms with Crippen LogP contribution in [0.3, 0.4) is 0 Å². The van der Waals surface area contributed by atoms with Gasteiger partial charge < -0.3 is 4.74 Å². The predicted molar refractivity (Wildman–Crippen MR) is 107 cm³/mol. The van der Waals surface area contributed by atoms with Gasteiger partial charge in [0.05, 0.1) is 29.2 Å². The van der Waals surface area contributed by atoms with Crippen LogP contribution >= 0.6 is 0 Å². The van der Waals surface area contributed by atoms with Gasteiger partial charge in [-0.25, -0.2) is 22.2 Å². The first-order chi connectivity index (χ1) is 13.4. The maximum Gasteiger partial charge on any atom is 0.356 e. The third-order valence-corrected chi connectivity index (χ3v) is 6.59. The zero-order valence-electron chi connectivity index (χ0n) is 15.6. The Bertz CT molecular complexity index is 1340. The van der Waals surface area contributed by atoms with Crippen LogP contribution in [0.25, 0.3) is 21.8 Å². The van der Waals surface area contributed by atoms with Gasteiger partial charge in [0.15, 0.2) is 5.69 Å². The standard InChI is InChI=1S/C21H18N2O4S/c1-13-8-10-15(11-9-13)28(25,26)23-17-7-5-4-6-16(17)19-14(2)20(21(24)27-3)22-12-18(19)23/h4-12H,1-3H3. The summed E-state index contributed by atoms with van der Waals surface area (Å²) in [5, 5.41) is 1.40. The lowest BCUT2D eigenvalue weighted by atomic mass is 10.1. The fourth-order valence-electron chi connectivity index (χ4n) is 3.46. The molecule has 0 unspecified atom stereocenters. The van der Waals surface area contributed by atoms with E-state index in [1.807, 2.05) is 19.1 Å². The van der Waals surface area contributed by atoms with Gasteiger partial charge in [0.1, 0.15) is 0 Å². The summed E-state index contributed by atoms with van der Waals surface area (Å²) in [6.07, 6.45) is 1.42. The third-order valence-electron chi connectivity index (χ3n) is 4.85. The van der Waals surface area contributed by atoms with E-state index in [-0.39, 0.29) is 10.6 Å². The Morgan fingerprint density at radius 3 is 2.36 bits per heavy atom. The number of esters is 1. The Hall–Kier alpha value is -3.19. The summed E-state index contributed by atoms with van der Waals surface area (Å²) in [5.41, 5.74) is 2.68. The molecule has 0 atom stereocenters. The molecule has 0 spiro atoms. The fraction of sp³-hybridized carbons (Fsp3) is 0.143. The molecular weight excluding hydrogens is 376 g/mol. The molecule has 0 bridgehead atoms. The monoisotopic (exact) mass is 394 g/mol. The average molecular weight is 394 g/mol. The van der Waals surface area contributed by atoms with Crippen LogP contribution in [0, 0.1) is 13.8 Å². The molecule has 0 radical (unpaired) electrons. The molecule has 0 aliphatic carbocycles. The minimum absolute atomic E-state index is 0.172. The summed E-state index contributed by atoms with van der Waals surface area (Å²) in [7, 11) is -2.57. The minimum atomic E-state index is -3.86. The number of para-hydroxylation sites is 1. The summed E-state index contributed by atoms with van der Waals surface area (Å²) in [4.78, 5) is 16.4. The van der Waals surface area contributed by atoms with Gasteiger partial charge >= 0.3 is 5.97 Å². The molecule has 0 aliphatic heterocycles. The first kappa shape index (κ1) is 18.2. The number of carbonyl (C=O) groups excluding carboxylic acids is 1. The average Bonchev–Trinajstić information content (AvgIpc) is 3.04. The quantitative estimate of drug-likeness (QED) is 0.494. The van der Waals surface area contributed by atoms with E-state index >= 15 is 0 Å². The molecule has 0 aliphatic rings. The first-order valence-corrected chi connectivity index (χ1v) is 10.1. The maximum absolute atomic E-state index is 13.5. The minimum Gasteiger partial charge on any atom is -0.464 e. The highest BCUT2D eigenvalue weighted by atomic mass is 32.2. The highest BCUT2D eigenvalue weighted by molar-refractivity contribution is 7.90. The van der Waals surface area contributed by atoms with Crippen LogP contribution in [0.4, 0.5) is 0 Å². The molecular formula is C21H18N2O4S. The van der Waals surface area contributed by atoms with Gasteiger partial charge in [-0.2, -0.15) is 0 Å². The van der Waals surface area contributed by atoms with Crippen LogP contribution in [-0.4, -0.2) is 30.5 Å². The molecule has 6 nitrogen and oxygen atoms in total. The number of hydrogen-bond donors (Lipinski definition) is 0. The Labute approximate surface area is 162 Å². The summed E-state index contributed by atoms with van der Waals surface area (Å²) < 4.78 is 33.0. The molecule has 0 saturated carbocycles.